The zero-order valence-corrected chi connectivity index (χ0v) is 16.1. The SMILES string of the molecule is O=C1CC(C(=O)N2CCN(CCn3cccc3)CC2)CN1Cc1cccnc1. The molecule has 2 saturated heterocycles. The Morgan fingerprint density at radius 1 is 1.07 bits per heavy atom. The average molecular weight is 381 g/mol. The molecular formula is C21H27N5O2. The predicted molar refractivity (Wildman–Crippen MR) is 105 cm³/mol. The second kappa shape index (κ2) is 8.56. The fraction of sp³-hybridized carbons (Fsp3) is 0.476. The van der Waals surface area contributed by atoms with E-state index >= 15 is 0 Å². The van der Waals surface area contributed by atoms with E-state index in [0.29, 0.717) is 19.5 Å². The van der Waals surface area contributed by atoms with Gasteiger partial charge in [0.1, 0.15) is 0 Å². The first-order valence-electron chi connectivity index (χ1n) is 9.97. The van der Waals surface area contributed by atoms with Gasteiger partial charge in [-0.2, -0.15) is 0 Å². The Kier molecular flexibility index (Phi) is 5.71. The van der Waals surface area contributed by atoms with Crippen LogP contribution in [0.4, 0.5) is 0 Å². The van der Waals surface area contributed by atoms with Crippen LogP contribution >= 0.6 is 0 Å². The Bertz CT molecular complexity index is 784. The second-order valence-corrected chi connectivity index (χ2v) is 7.62. The molecule has 148 valence electrons. The highest BCUT2D eigenvalue weighted by atomic mass is 16.2. The minimum absolute atomic E-state index is 0.0626. The number of aromatic nitrogens is 2. The van der Waals surface area contributed by atoms with E-state index in [1.165, 1.54) is 0 Å². The summed E-state index contributed by atoms with van der Waals surface area (Å²) in [6, 6.07) is 7.91. The standard InChI is InChI=1S/C21H27N5O2/c27-20-14-19(17-26(20)16-18-4-3-5-22-15-18)21(28)25-12-10-24(11-13-25)9-8-23-6-1-2-7-23/h1-7,15,19H,8-14,16-17H2. The van der Waals surface area contributed by atoms with E-state index in [1.54, 1.807) is 17.3 Å². The highest BCUT2D eigenvalue weighted by Gasteiger charge is 2.37. The molecule has 2 aromatic heterocycles. The predicted octanol–water partition coefficient (Wildman–Crippen LogP) is 1.08. The van der Waals surface area contributed by atoms with Gasteiger partial charge in [0, 0.05) is 83.6 Å². The first-order chi connectivity index (χ1) is 13.7. The Morgan fingerprint density at radius 3 is 2.57 bits per heavy atom. The molecule has 2 aliphatic rings. The third kappa shape index (κ3) is 4.42. The number of rotatable bonds is 6. The van der Waals surface area contributed by atoms with Gasteiger partial charge in [-0.1, -0.05) is 6.07 Å². The Labute approximate surface area is 165 Å². The van der Waals surface area contributed by atoms with Gasteiger partial charge in [0.25, 0.3) is 0 Å². The number of hydrogen-bond donors (Lipinski definition) is 0. The van der Waals surface area contributed by atoms with Gasteiger partial charge in [-0.05, 0) is 23.8 Å². The van der Waals surface area contributed by atoms with Crippen LogP contribution in [0.3, 0.4) is 0 Å². The van der Waals surface area contributed by atoms with Crippen LogP contribution in [0.25, 0.3) is 0 Å². The summed E-state index contributed by atoms with van der Waals surface area (Å²) in [7, 11) is 0. The fourth-order valence-electron chi connectivity index (χ4n) is 4.03. The molecule has 0 radical (unpaired) electrons. The number of amides is 2. The molecule has 2 amide bonds. The molecule has 4 heterocycles. The monoisotopic (exact) mass is 381 g/mol. The first kappa shape index (κ1) is 18.7. The lowest BCUT2D eigenvalue weighted by molar-refractivity contribution is -0.137. The molecule has 7 heteroatoms. The van der Waals surface area contributed by atoms with Crippen LogP contribution in [0.15, 0.2) is 49.1 Å². The van der Waals surface area contributed by atoms with Crippen molar-refractivity contribution >= 4 is 11.8 Å². The van der Waals surface area contributed by atoms with Crippen molar-refractivity contribution in [1.29, 1.82) is 0 Å². The molecule has 28 heavy (non-hydrogen) atoms. The van der Waals surface area contributed by atoms with Crippen LogP contribution in [0.2, 0.25) is 0 Å². The number of carbonyl (C=O) groups is 2. The first-order valence-corrected chi connectivity index (χ1v) is 9.97. The van der Waals surface area contributed by atoms with E-state index < -0.39 is 0 Å². The highest BCUT2D eigenvalue weighted by Crippen LogP contribution is 2.22. The topological polar surface area (TPSA) is 61.7 Å². The Morgan fingerprint density at radius 2 is 1.86 bits per heavy atom. The van der Waals surface area contributed by atoms with Crippen LogP contribution in [0, 0.1) is 5.92 Å². The smallest absolute Gasteiger partial charge is 0.228 e. The molecule has 0 aliphatic carbocycles. The second-order valence-electron chi connectivity index (χ2n) is 7.62. The lowest BCUT2D eigenvalue weighted by Crippen LogP contribution is -2.51. The van der Waals surface area contributed by atoms with Gasteiger partial charge in [0.15, 0.2) is 0 Å². The van der Waals surface area contributed by atoms with Gasteiger partial charge in [0.2, 0.25) is 11.8 Å². The zero-order chi connectivity index (χ0) is 19.3. The zero-order valence-electron chi connectivity index (χ0n) is 16.1. The Balaban J connectivity index is 1.24. The van der Waals surface area contributed by atoms with Gasteiger partial charge in [-0.25, -0.2) is 0 Å². The van der Waals surface area contributed by atoms with Crippen molar-refractivity contribution in [2.75, 3.05) is 39.3 Å². The van der Waals surface area contributed by atoms with Gasteiger partial charge < -0.3 is 14.4 Å². The van der Waals surface area contributed by atoms with Crippen molar-refractivity contribution in [1.82, 2.24) is 24.3 Å². The van der Waals surface area contributed by atoms with E-state index in [0.717, 1.165) is 44.8 Å². The molecule has 0 spiro atoms. The van der Waals surface area contributed by atoms with Gasteiger partial charge >= 0.3 is 0 Å². The molecule has 7 nitrogen and oxygen atoms in total. The summed E-state index contributed by atoms with van der Waals surface area (Å²) in [5.74, 6) is -0.0183. The third-order valence-electron chi connectivity index (χ3n) is 5.68. The molecule has 1 atom stereocenters. The molecule has 1 unspecified atom stereocenters. The number of piperazine rings is 1. The Hall–Kier alpha value is -2.67. The summed E-state index contributed by atoms with van der Waals surface area (Å²) in [4.78, 5) is 35.5. The van der Waals surface area contributed by atoms with Crippen molar-refractivity contribution in [3.63, 3.8) is 0 Å². The molecule has 2 aromatic rings. The summed E-state index contributed by atoms with van der Waals surface area (Å²) in [5, 5.41) is 0. The molecule has 2 aliphatic heterocycles. The van der Waals surface area contributed by atoms with Crippen LogP contribution in [0.5, 0.6) is 0 Å². The van der Waals surface area contributed by atoms with E-state index in [9.17, 15) is 9.59 Å². The maximum Gasteiger partial charge on any atom is 0.228 e. The van der Waals surface area contributed by atoms with E-state index in [4.69, 9.17) is 0 Å². The van der Waals surface area contributed by atoms with Crippen LogP contribution < -0.4 is 0 Å². The maximum atomic E-state index is 12.9. The fourth-order valence-corrected chi connectivity index (χ4v) is 4.03. The largest absolute Gasteiger partial charge is 0.353 e. The van der Waals surface area contributed by atoms with Crippen LogP contribution in [-0.2, 0) is 22.7 Å². The number of carbonyl (C=O) groups excluding carboxylic acids is 2. The van der Waals surface area contributed by atoms with Gasteiger partial charge in [0.05, 0.1) is 5.92 Å². The molecule has 0 aromatic carbocycles. The normalized spacial score (nSPS) is 20.7. The molecule has 0 N–H and O–H groups in total. The van der Waals surface area contributed by atoms with Crippen molar-refractivity contribution in [3.8, 4) is 0 Å². The number of likely N-dealkylation sites (tertiary alicyclic amines) is 1. The number of hydrogen-bond acceptors (Lipinski definition) is 4. The summed E-state index contributed by atoms with van der Waals surface area (Å²) in [6.07, 6.45) is 7.98. The number of nitrogens with zero attached hydrogens (tertiary/aromatic N) is 5. The van der Waals surface area contributed by atoms with Crippen molar-refractivity contribution in [2.24, 2.45) is 5.92 Å². The number of pyridine rings is 1. The molecule has 0 bridgehead atoms. The van der Waals surface area contributed by atoms with Crippen molar-refractivity contribution < 1.29 is 9.59 Å². The third-order valence-corrected chi connectivity index (χ3v) is 5.68. The summed E-state index contributed by atoms with van der Waals surface area (Å²) in [6.45, 7) is 6.30. The van der Waals surface area contributed by atoms with Gasteiger partial charge in [-0.15, -0.1) is 0 Å². The quantitative estimate of drug-likeness (QED) is 0.751. The molecular weight excluding hydrogens is 354 g/mol. The van der Waals surface area contributed by atoms with Crippen molar-refractivity contribution in [3.05, 3.63) is 54.6 Å². The maximum absolute atomic E-state index is 12.9. The molecule has 4 rings (SSSR count). The van der Waals surface area contributed by atoms with Crippen LogP contribution in [-0.4, -0.2) is 75.3 Å². The van der Waals surface area contributed by atoms with Crippen LogP contribution in [0.1, 0.15) is 12.0 Å². The summed E-state index contributed by atoms with van der Waals surface area (Å²) < 4.78 is 2.18. The average Bonchev–Trinajstić information content (AvgIpc) is 3.37. The minimum atomic E-state index is -0.212. The lowest BCUT2D eigenvalue weighted by atomic mass is 10.1. The molecule has 0 saturated carbocycles. The van der Waals surface area contributed by atoms with E-state index in [1.807, 2.05) is 29.2 Å². The minimum Gasteiger partial charge on any atom is -0.353 e. The summed E-state index contributed by atoms with van der Waals surface area (Å²) in [5.41, 5.74) is 1.00. The molecule has 2 fully saturated rings. The lowest BCUT2D eigenvalue weighted by Gasteiger charge is -2.36. The summed E-state index contributed by atoms with van der Waals surface area (Å²) >= 11 is 0. The van der Waals surface area contributed by atoms with Gasteiger partial charge in [-0.3, -0.25) is 19.5 Å². The van der Waals surface area contributed by atoms with E-state index in [-0.39, 0.29) is 17.7 Å². The van der Waals surface area contributed by atoms with Crippen molar-refractivity contribution in [2.45, 2.75) is 19.5 Å². The van der Waals surface area contributed by atoms with E-state index in [2.05, 4.69) is 26.8 Å². The highest BCUT2D eigenvalue weighted by molar-refractivity contribution is 5.89.